The van der Waals surface area contributed by atoms with Gasteiger partial charge < -0.3 is 11.5 Å². The van der Waals surface area contributed by atoms with Crippen LogP contribution < -0.4 is 11.5 Å². The van der Waals surface area contributed by atoms with Gasteiger partial charge in [-0.1, -0.05) is 0 Å². The maximum atomic E-state index is 11.1. The highest BCUT2D eigenvalue weighted by atomic mass is 16.2. The molecule has 2 bridgehead atoms. The molecule has 4 N–H and O–H groups in total. The number of primary amides is 2. The Labute approximate surface area is 76.6 Å². The first-order valence-electron chi connectivity index (χ1n) is 4.70. The first-order valence-corrected chi connectivity index (χ1v) is 4.70. The van der Waals surface area contributed by atoms with Crippen LogP contribution >= 0.6 is 0 Å². The lowest BCUT2D eigenvalue weighted by atomic mass is 9.78. The van der Waals surface area contributed by atoms with E-state index >= 15 is 0 Å². The standard InChI is InChI=1S/C9H14N2O2/c10-8(12)6-4-1-2-5(3-4)7(6)9(11)13/h4-7H,1-3H2,(H2,10,12)(H2,11,13)/t4-,5+,6-,7+. The summed E-state index contributed by atoms with van der Waals surface area (Å²) in [5.74, 6) is -0.625. The molecule has 4 heteroatoms. The van der Waals surface area contributed by atoms with Gasteiger partial charge in [0.15, 0.2) is 0 Å². The van der Waals surface area contributed by atoms with Crippen molar-refractivity contribution in [1.29, 1.82) is 0 Å². The minimum absolute atomic E-state index is 0.281. The lowest BCUT2D eigenvalue weighted by Crippen LogP contribution is -2.41. The summed E-state index contributed by atoms with van der Waals surface area (Å²) in [5, 5.41) is 0. The van der Waals surface area contributed by atoms with Crippen molar-refractivity contribution in [3.8, 4) is 0 Å². The van der Waals surface area contributed by atoms with Gasteiger partial charge in [0.1, 0.15) is 0 Å². The second-order valence-electron chi connectivity index (χ2n) is 4.19. The average Bonchev–Trinajstić information content (AvgIpc) is 2.60. The number of hydrogen-bond donors (Lipinski definition) is 2. The molecule has 0 saturated heterocycles. The number of carbonyl (C=O) groups is 2. The Morgan fingerprint density at radius 3 is 1.62 bits per heavy atom. The number of carbonyl (C=O) groups excluding carboxylic acids is 2. The third kappa shape index (κ3) is 1.12. The van der Waals surface area contributed by atoms with Crippen molar-refractivity contribution < 1.29 is 9.59 Å². The van der Waals surface area contributed by atoms with Crippen LogP contribution in [0.2, 0.25) is 0 Å². The molecule has 2 amide bonds. The van der Waals surface area contributed by atoms with Crippen LogP contribution in [-0.4, -0.2) is 11.8 Å². The molecule has 0 aromatic carbocycles. The van der Waals surface area contributed by atoms with Crippen LogP contribution in [0.15, 0.2) is 0 Å². The van der Waals surface area contributed by atoms with E-state index in [1.807, 2.05) is 0 Å². The molecule has 2 rings (SSSR count). The second-order valence-corrected chi connectivity index (χ2v) is 4.19. The first-order chi connectivity index (χ1) is 6.11. The SMILES string of the molecule is NC(=O)[C@@H]1[C@@H]2CC[C@@H](C2)[C@@H]1C(N)=O. The maximum absolute atomic E-state index is 11.1. The van der Waals surface area contributed by atoms with Crippen LogP contribution in [0.5, 0.6) is 0 Å². The summed E-state index contributed by atoms with van der Waals surface area (Å²) in [6.45, 7) is 0. The number of nitrogens with two attached hydrogens (primary N) is 2. The smallest absolute Gasteiger partial charge is 0.221 e. The predicted molar refractivity (Wildman–Crippen MR) is 46.2 cm³/mol. The summed E-state index contributed by atoms with van der Waals surface area (Å²) in [6, 6.07) is 0. The number of fused-ring (bicyclic) bond motifs is 2. The van der Waals surface area contributed by atoms with Crippen LogP contribution in [0.4, 0.5) is 0 Å². The molecule has 4 nitrogen and oxygen atoms in total. The molecule has 2 aliphatic carbocycles. The van der Waals surface area contributed by atoms with Crippen LogP contribution in [0.25, 0.3) is 0 Å². The van der Waals surface area contributed by atoms with E-state index in [0.29, 0.717) is 11.8 Å². The minimum Gasteiger partial charge on any atom is -0.369 e. The summed E-state index contributed by atoms with van der Waals surface area (Å²) in [6.07, 6.45) is 3.02. The molecule has 0 unspecified atom stereocenters. The number of rotatable bonds is 2. The Hall–Kier alpha value is -1.06. The van der Waals surface area contributed by atoms with Crippen molar-refractivity contribution in [2.75, 3.05) is 0 Å². The molecule has 0 aromatic heterocycles. The Morgan fingerprint density at radius 2 is 1.31 bits per heavy atom. The summed E-state index contributed by atoms with van der Waals surface area (Å²) in [7, 11) is 0. The number of amides is 2. The minimum atomic E-state index is -0.351. The quantitative estimate of drug-likeness (QED) is 0.609. The molecule has 0 spiro atoms. The molecule has 72 valence electrons. The largest absolute Gasteiger partial charge is 0.369 e. The lowest BCUT2D eigenvalue weighted by molar-refractivity contribution is -0.133. The molecule has 2 aliphatic rings. The highest BCUT2D eigenvalue weighted by Crippen LogP contribution is 2.51. The van der Waals surface area contributed by atoms with Crippen LogP contribution in [0, 0.1) is 23.7 Å². The third-order valence-electron chi connectivity index (χ3n) is 3.57. The van der Waals surface area contributed by atoms with Gasteiger partial charge in [-0.2, -0.15) is 0 Å². The number of hydrogen-bond acceptors (Lipinski definition) is 2. The fourth-order valence-electron chi connectivity index (χ4n) is 3.11. The monoisotopic (exact) mass is 182 g/mol. The molecule has 13 heavy (non-hydrogen) atoms. The van der Waals surface area contributed by atoms with Crippen molar-refractivity contribution in [2.45, 2.75) is 19.3 Å². The van der Waals surface area contributed by atoms with E-state index in [1.54, 1.807) is 0 Å². The zero-order valence-corrected chi connectivity index (χ0v) is 7.40. The summed E-state index contributed by atoms with van der Waals surface area (Å²) in [5.41, 5.74) is 10.5. The molecular weight excluding hydrogens is 168 g/mol. The lowest BCUT2D eigenvalue weighted by Gasteiger charge is -2.25. The van der Waals surface area contributed by atoms with Crippen molar-refractivity contribution >= 4 is 11.8 Å². The normalized spacial score (nSPS) is 42.2. The van der Waals surface area contributed by atoms with Gasteiger partial charge in [0.25, 0.3) is 0 Å². The molecule has 0 aliphatic heterocycles. The van der Waals surface area contributed by atoms with Gasteiger partial charge in [-0.05, 0) is 31.1 Å². The van der Waals surface area contributed by atoms with Gasteiger partial charge in [-0.15, -0.1) is 0 Å². The second kappa shape index (κ2) is 2.72. The summed E-state index contributed by atoms with van der Waals surface area (Å²) >= 11 is 0. The van der Waals surface area contributed by atoms with Gasteiger partial charge in [-0.3, -0.25) is 9.59 Å². The Balaban J connectivity index is 2.24. The fraction of sp³-hybridized carbons (Fsp3) is 0.778. The first kappa shape index (κ1) is 8.53. The summed E-state index contributed by atoms with van der Waals surface area (Å²) < 4.78 is 0. The van der Waals surface area contributed by atoms with E-state index in [1.165, 1.54) is 0 Å². The Bertz CT molecular complexity index is 238. The van der Waals surface area contributed by atoms with Crippen LogP contribution in [0.1, 0.15) is 19.3 Å². The zero-order valence-electron chi connectivity index (χ0n) is 7.40. The van der Waals surface area contributed by atoms with Gasteiger partial charge in [-0.25, -0.2) is 0 Å². The average molecular weight is 182 g/mol. The van der Waals surface area contributed by atoms with Crippen molar-refractivity contribution in [1.82, 2.24) is 0 Å². The van der Waals surface area contributed by atoms with E-state index in [0.717, 1.165) is 19.3 Å². The summed E-state index contributed by atoms with van der Waals surface area (Å²) in [4.78, 5) is 22.2. The third-order valence-corrected chi connectivity index (χ3v) is 3.57. The Kier molecular flexibility index (Phi) is 1.78. The van der Waals surface area contributed by atoms with E-state index in [9.17, 15) is 9.59 Å². The molecule has 0 aromatic rings. The molecule has 2 fully saturated rings. The maximum Gasteiger partial charge on any atom is 0.221 e. The van der Waals surface area contributed by atoms with E-state index < -0.39 is 0 Å². The zero-order chi connectivity index (χ0) is 9.59. The van der Waals surface area contributed by atoms with Crippen molar-refractivity contribution in [2.24, 2.45) is 35.1 Å². The van der Waals surface area contributed by atoms with Crippen molar-refractivity contribution in [3.63, 3.8) is 0 Å². The van der Waals surface area contributed by atoms with Crippen LogP contribution in [0.3, 0.4) is 0 Å². The molecule has 4 atom stereocenters. The molecular formula is C9H14N2O2. The predicted octanol–water partition coefficient (Wildman–Crippen LogP) is -0.381. The van der Waals surface area contributed by atoms with E-state index in [-0.39, 0.29) is 23.7 Å². The topological polar surface area (TPSA) is 86.2 Å². The fourth-order valence-corrected chi connectivity index (χ4v) is 3.11. The van der Waals surface area contributed by atoms with E-state index in [4.69, 9.17) is 11.5 Å². The highest BCUT2D eigenvalue weighted by molar-refractivity contribution is 5.87. The van der Waals surface area contributed by atoms with Crippen molar-refractivity contribution in [3.05, 3.63) is 0 Å². The Morgan fingerprint density at radius 1 is 0.923 bits per heavy atom. The van der Waals surface area contributed by atoms with E-state index in [2.05, 4.69) is 0 Å². The van der Waals surface area contributed by atoms with Gasteiger partial charge >= 0.3 is 0 Å². The van der Waals surface area contributed by atoms with Gasteiger partial charge in [0.2, 0.25) is 11.8 Å². The van der Waals surface area contributed by atoms with Gasteiger partial charge in [0.05, 0.1) is 11.8 Å². The molecule has 0 heterocycles. The highest BCUT2D eigenvalue weighted by Gasteiger charge is 2.52. The van der Waals surface area contributed by atoms with Crippen LogP contribution in [-0.2, 0) is 9.59 Å². The molecule has 2 saturated carbocycles. The molecule has 0 radical (unpaired) electrons. The van der Waals surface area contributed by atoms with Gasteiger partial charge in [0, 0.05) is 0 Å².